The quantitative estimate of drug-likeness (QED) is 0.854. The third-order valence-electron chi connectivity index (χ3n) is 2.96. The molecule has 6 heteroatoms. The highest BCUT2D eigenvalue weighted by molar-refractivity contribution is 7.93. The van der Waals surface area contributed by atoms with Crippen LogP contribution in [0.1, 0.15) is 11.1 Å². The molecule has 0 unspecified atom stereocenters. The number of rotatable bonds is 3. The second-order valence-corrected chi connectivity index (χ2v) is 6.61. The summed E-state index contributed by atoms with van der Waals surface area (Å²) in [6.45, 7) is 3.48. The molecular formula is C14H15ClN2O2S. The van der Waals surface area contributed by atoms with Crippen LogP contribution in [0.5, 0.6) is 0 Å². The van der Waals surface area contributed by atoms with Crippen molar-refractivity contribution in [2.24, 2.45) is 0 Å². The van der Waals surface area contributed by atoms with Gasteiger partial charge in [0.05, 0.1) is 11.4 Å². The third-order valence-corrected chi connectivity index (χ3v) is 4.78. The van der Waals surface area contributed by atoms with E-state index in [-0.39, 0.29) is 10.6 Å². The van der Waals surface area contributed by atoms with Crippen molar-refractivity contribution in [2.75, 3.05) is 10.5 Å². The van der Waals surface area contributed by atoms with Crippen LogP contribution in [0.25, 0.3) is 0 Å². The van der Waals surface area contributed by atoms with Crippen LogP contribution in [-0.2, 0) is 10.0 Å². The first kappa shape index (κ1) is 14.7. The zero-order valence-electron chi connectivity index (χ0n) is 11.1. The van der Waals surface area contributed by atoms with Crippen LogP contribution < -0.4 is 10.5 Å². The number of sulfonamides is 1. The monoisotopic (exact) mass is 310 g/mol. The minimum absolute atomic E-state index is 0.109. The fraction of sp³-hybridized carbons (Fsp3) is 0.143. The summed E-state index contributed by atoms with van der Waals surface area (Å²) in [5.74, 6) is 0. The lowest BCUT2D eigenvalue weighted by Crippen LogP contribution is -2.16. The smallest absolute Gasteiger partial charge is 0.264 e. The molecule has 0 radical (unpaired) electrons. The molecule has 106 valence electrons. The second kappa shape index (κ2) is 5.34. The van der Waals surface area contributed by atoms with Gasteiger partial charge in [-0.05, 0) is 43.2 Å². The summed E-state index contributed by atoms with van der Waals surface area (Å²) < 4.78 is 27.4. The van der Waals surface area contributed by atoms with Crippen molar-refractivity contribution in [3.63, 3.8) is 0 Å². The van der Waals surface area contributed by atoms with Gasteiger partial charge >= 0.3 is 0 Å². The van der Waals surface area contributed by atoms with E-state index in [0.29, 0.717) is 16.3 Å². The van der Waals surface area contributed by atoms with Crippen molar-refractivity contribution in [1.29, 1.82) is 0 Å². The molecule has 0 atom stereocenters. The van der Waals surface area contributed by atoms with Gasteiger partial charge in [0, 0.05) is 5.02 Å². The number of halogens is 1. The number of nitrogens with two attached hydrogens (primary N) is 1. The first-order valence-electron chi connectivity index (χ1n) is 5.95. The first-order chi connectivity index (χ1) is 9.31. The van der Waals surface area contributed by atoms with Crippen LogP contribution in [0, 0.1) is 13.8 Å². The summed E-state index contributed by atoms with van der Waals surface area (Å²) in [6.07, 6.45) is 0. The van der Waals surface area contributed by atoms with Crippen LogP contribution in [0.4, 0.5) is 11.4 Å². The number of hydrogen-bond acceptors (Lipinski definition) is 3. The number of benzene rings is 2. The molecule has 2 aromatic carbocycles. The summed E-state index contributed by atoms with van der Waals surface area (Å²) in [7, 11) is -3.75. The molecule has 4 nitrogen and oxygen atoms in total. The predicted octanol–water partition coefficient (Wildman–Crippen LogP) is 3.34. The molecule has 0 bridgehead atoms. The Morgan fingerprint density at radius 1 is 1.10 bits per heavy atom. The highest BCUT2D eigenvalue weighted by Crippen LogP contribution is 2.28. The van der Waals surface area contributed by atoms with Gasteiger partial charge in [-0.1, -0.05) is 29.8 Å². The number of nitrogens with one attached hydrogen (secondary N) is 1. The minimum Gasteiger partial charge on any atom is -0.397 e. The molecule has 2 aromatic rings. The molecule has 2 rings (SSSR count). The second-order valence-electron chi connectivity index (χ2n) is 4.56. The molecule has 0 spiro atoms. The predicted molar refractivity (Wildman–Crippen MR) is 82.6 cm³/mol. The van der Waals surface area contributed by atoms with Crippen molar-refractivity contribution < 1.29 is 8.42 Å². The molecule has 20 heavy (non-hydrogen) atoms. The fourth-order valence-corrected chi connectivity index (χ4v) is 3.59. The zero-order valence-corrected chi connectivity index (χ0v) is 12.7. The lowest BCUT2D eigenvalue weighted by Gasteiger charge is -2.14. The largest absolute Gasteiger partial charge is 0.397 e. The Hall–Kier alpha value is -1.72. The molecule has 0 aliphatic rings. The van der Waals surface area contributed by atoms with Crippen molar-refractivity contribution in [1.82, 2.24) is 0 Å². The number of anilines is 2. The van der Waals surface area contributed by atoms with E-state index < -0.39 is 10.0 Å². The Labute approximate surface area is 123 Å². The molecule has 3 N–H and O–H groups in total. The molecule has 0 aliphatic heterocycles. The van der Waals surface area contributed by atoms with Gasteiger partial charge in [-0.15, -0.1) is 0 Å². The normalized spacial score (nSPS) is 11.3. The van der Waals surface area contributed by atoms with E-state index in [1.54, 1.807) is 50.2 Å². The molecule has 0 saturated heterocycles. The molecule has 0 fully saturated rings. The van der Waals surface area contributed by atoms with Crippen molar-refractivity contribution >= 4 is 33.0 Å². The minimum atomic E-state index is -3.75. The number of nitrogen functional groups attached to an aromatic ring is 1. The Bertz CT molecular complexity index is 758. The number of aryl methyl sites for hydroxylation is 2. The van der Waals surface area contributed by atoms with Gasteiger partial charge in [0.1, 0.15) is 4.90 Å². The topological polar surface area (TPSA) is 72.2 Å². The Kier molecular flexibility index (Phi) is 3.92. The molecule has 0 saturated carbocycles. The third kappa shape index (κ3) is 2.89. The molecule has 0 amide bonds. The Balaban J connectivity index is 2.49. The van der Waals surface area contributed by atoms with Crippen LogP contribution >= 0.6 is 11.6 Å². The highest BCUT2D eigenvalue weighted by atomic mass is 35.5. The average molecular weight is 311 g/mol. The maximum atomic E-state index is 12.5. The van der Waals surface area contributed by atoms with E-state index in [9.17, 15) is 8.42 Å². The summed E-state index contributed by atoms with van der Waals surface area (Å²) >= 11 is 5.85. The summed E-state index contributed by atoms with van der Waals surface area (Å²) in [5.41, 5.74) is 7.90. The summed E-state index contributed by atoms with van der Waals surface area (Å²) in [4.78, 5) is 0.109. The van der Waals surface area contributed by atoms with Gasteiger partial charge in [-0.3, -0.25) is 4.72 Å². The SMILES string of the molecule is Cc1ccc(C)c(S(=O)(=O)Nc2cccc(Cl)c2)c1N. The fourth-order valence-electron chi connectivity index (χ4n) is 1.92. The summed E-state index contributed by atoms with van der Waals surface area (Å²) in [5, 5.41) is 0.458. The van der Waals surface area contributed by atoms with Crippen LogP contribution in [0.15, 0.2) is 41.3 Å². The van der Waals surface area contributed by atoms with Crippen LogP contribution in [0.3, 0.4) is 0 Å². The zero-order chi connectivity index (χ0) is 14.9. The van der Waals surface area contributed by atoms with E-state index in [1.165, 1.54) is 0 Å². The lowest BCUT2D eigenvalue weighted by molar-refractivity contribution is 0.601. The van der Waals surface area contributed by atoms with E-state index in [2.05, 4.69) is 4.72 Å². The number of hydrogen-bond donors (Lipinski definition) is 2. The van der Waals surface area contributed by atoms with Gasteiger partial charge in [-0.2, -0.15) is 0 Å². The van der Waals surface area contributed by atoms with E-state index in [0.717, 1.165) is 5.56 Å². The maximum Gasteiger partial charge on any atom is 0.264 e. The van der Waals surface area contributed by atoms with Crippen LogP contribution in [-0.4, -0.2) is 8.42 Å². The van der Waals surface area contributed by atoms with Gasteiger partial charge in [0.15, 0.2) is 0 Å². The van der Waals surface area contributed by atoms with Crippen molar-refractivity contribution in [3.05, 3.63) is 52.5 Å². The standard InChI is InChI=1S/C14H15ClN2O2S/c1-9-6-7-10(2)14(13(9)16)20(18,19)17-12-5-3-4-11(15)8-12/h3-8,17H,16H2,1-2H3. The van der Waals surface area contributed by atoms with E-state index in [4.69, 9.17) is 17.3 Å². The van der Waals surface area contributed by atoms with Gasteiger partial charge in [0.25, 0.3) is 10.0 Å². The van der Waals surface area contributed by atoms with Gasteiger partial charge in [0.2, 0.25) is 0 Å². The van der Waals surface area contributed by atoms with Gasteiger partial charge in [-0.25, -0.2) is 8.42 Å². The Morgan fingerprint density at radius 2 is 1.75 bits per heavy atom. The summed E-state index contributed by atoms with van der Waals surface area (Å²) in [6, 6.07) is 10.0. The van der Waals surface area contributed by atoms with Crippen molar-refractivity contribution in [2.45, 2.75) is 18.7 Å². The lowest BCUT2D eigenvalue weighted by atomic mass is 10.1. The molecule has 0 heterocycles. The molecule has 0 aromatic heterocycles. The van der Waals surface area contributed by atoms with Gasteiger partial charge < -0.3 is 5.73 Å². The van der Waals surface area contributed by atoms with E-state index in [1.807, 2.05) is 0 Å². The van der Waals surface area contributed by atoms with Crippen LogP contribution in [0.2, 0.25) is 5.02 Å². The Morgan fingerprint density at radius 3 is 2.40 bits per heavy atom. The van der Waals surface area contributed by atoms with Crippen molar-refractivity contribution in [3.8, 4) is 0 Å². The first-order valence-corrected chi connectivity index (χ1v) is 7.81. The maximum absolute atomic E-state index is 12.5. The van der Waals surface area contributed by atoms with E-state index >= 15 is 0 Å². The molecular weight excluding hydrogens is 296 g/mol. The molecule has 0 aliphatic carbocycles. The highest BCUT2D eigenvalue weighted by Gasteiger charge is 2.21. The average Bonchev–Trinajstić information content (AvgIpc) is 2.33.